The lowest BCUT2D eigenvalue weighted by Crippen LogP contribution is -2.46. The number of hydrogen-bond donors (Lipinski definition) is 0. The lowest BCUT2D eigenvalue weighted by Gasteiger charge is -2.24. The Morgan fingerprint density at radius 2 is 0.933 bits per heavy atom. The van der Waals surface area contributed by atoms with Crippen LogP contribution in [0.25, 0.3) is 0 Å². The average Bonchev–Trinajstić information content (AvgIpc) is 2.74. The lowest BCUT2D eigenvalue weighted by atomic mass is 10.1. The van der Waals surface area contributed by atoms with Gasteiger partial charge in [-0.1, -0.05) is 66.7 Å². The molecule has 0 spiro atoms. The zero-order valence-electron chi connectivity index (χ0n) is 17.7. The van der Waals surface area contributed by atoms with Crippen LogP contribution in [0.1, 0.15) is 20.7 Å². The Labute approximate surface area is 179 Å². The maximum atomic E-state index is 12.8. The van der Waals surface area contributed by atoms with Gasteiger partial charge in [0.25, 0.3) is 16.6 Å². The molecule has 3 aromatic carbocycles. The summed E-state index contributed by atoms with van der Waals surface area (Å²) in [4.78, 5) is 25.6. The van der Waals surface area contributed by atoms with Gasteiger partial charge in [0.05, 0.1) is 11.1 Å². The average molecular weight is 435 g/mol. The Bertz CT molecular complexity index is 951. The fourth-order valence-corrected chi connectivity index (χ4v) is 6.54. The fraction of sp³-hybridized carbons (Fsp3) is 0.167. The second-order valence-electron chi connectivity index (χ2n) is 8.11. The van der Waals surface area contributed by atoms with Crippen LogP contribution < -0.4 is 10.4 Å². The van der Waals surface area contributed by atoms with Gasteiger partial charge in [0.2, 0.25) is 0 Å². The van der Waals surface area contributed by atoms with E-state index in [-0.39, 0.29) is 0 Å². The van der Waals surface area contributed by atoms with Gasteiger partial charge < -0.3 is 8.85 Å². The summed E-state index contributed by atoms with van der Waals surface area (Å²) in [5.74, 6) is -0.852. The molecule has 0 amide bonds. The summed E-state index contributed by atoms with van der Waals surface area (Å²) in [5, 5.41) is 2.06. The van der Waals surface area contributed by atoms with Crippen molar-refractivity contribution in [3.05, 3.63) is 96.1 Å². The number of rotatable bonds is 6. The van der Waals surface area contributed by atoms with Crippen molar-refractivity contribution in [3.63, 3.8) is 0 Å². The van der Waals surface area contributed by atoms with Gasteiger partial charge in [-0.25, -0.2) is 9.59 Å². The van der Waals surface area contributed by atoms with Crippen LogP contribution in [0.3, 0.4) is 0 Å². The molecule has 0 unspecified atom stereocenters. The summed E-state index contributed by atoms with van der Waals surface area (Å²) in [6.45, 7) is 7.91. The first-order valence-corrected chi connectivity index (χ1v) is 15.7. The van der Waals surface area contributed by atoms with Gasteiger partial charge in [0, 0.05) is 0 Å². The summed E-state index contributed by atoms with van der Waals surface area (Å²) >= 11 is 0. The highest BCUT2D eigenvalue weighted by Crippen LogP contribution is 2.15. The van der Waals surface area contributed by atoms with Gasteiger partial charge in [-0.15, -0.1) is 0 Å². The lowest BCUT2D eigenvalue weighted by molar-refractivity contribution is 0.0726. The zero-order valence-corrected chi connectivity index (χ0v) is 19.7. The summed E-state index contributed by atoms with van der Waals surface area (Å²) in [5.41, 5.74) is 0.695. The molecule has 0 fully saturated rings. The molecule has 0 atom stereocenters. The predicted octanol–water partition coefficient (Wildman–Crippen LogP) is 4.22. The molecular formula is C24H26O4Si2. The Hall–Kier alpha value is -2.97. The molecule has 0 aliphatic carbocycles. The Kier molecular flexibility index (Phi) is 6.38. The van der Waals surface area contributed by atoms with Gasteiger partial charge in [-0.3, -0.25) is 0 Å². The maximum Gasteiger partial charge on any atom is 0.325 e. The summed E-state index contributed by atoms with van der Waals surface area (Å²) < 4.78 is 11.7. The van der Waals surface area contributed by atoms with Crippen LogP contribution >= 0.6 is 0 Å². The Morgan fingerprint density at radius 3 is 1.30 bits per heavy atom. The van der Waals surface area contributed by atoms with Crippen molar-refractivity contribution in [3.8, 4) is 0 Å². The van der Waals surface area contributed by atoms with Crippen LogP contribution in [0, 0.1) is 0 Å². The summed E-state index contributed by atoms with van der Waals surface area (Å²) in [6.07, 6.45) is 0. The van der Waals surface area contributed by atoms with Gasteiger partial charge in [0.15, 0.2) is 0 Å². The van der Waals surface area contributed by atoms with Crippen LogP contribution in [0.4, 0.5) is 0 Å². The summed E-state index contributed by atoms with van der Waals surface area (Å²) in [6, 6.07) is 26.1. The quantitative estimate of drug-likeness (QED) is 0.545. The van der Waals surface area contributed by atoms with E-state index < -0.39 is 28.6 Å². The van der Waals surface area contributed by atoms with Gasteiger partial charge in [-0.2, -0.15) is 0 Å². The van der Waals surface area contributed by atoms with Crippen molar-refractivity contribution in [2.75, 3.05) is 0 Å². The molecule has 0 bridgehead atoms. The molecule has 154 valence electrons. The first-order valence-electron chi connectivity index (χ1n) is 9.87. The molecule has 0 aromatic heterocycles. The van der Waals surface area contributed by atoms with Crippen molar-refractivity contribution < 1.29 is 18.4 Å². The van der Waals surface area contributed by atoms with E-state index in [2.05, 4.69) is 0 Å². The van der Waals surface area contributed by atoms with Crippen LogP contribution in [0.5, 0.6) is 0 Å². The predicted molar refractivity (Wildman–Crippen MR) is 124 cm³/mol. The van der Waals surface area contributed by atoms with Crippen molar-refractivity contribution in [1.82, 2.24) is 0 Å². The first kappa shape index (κ1) is 21.7. The number of carbonyl (C=O) groups is 2. The van der Waals surface area contributed by atoms with E-state index in [4.69, 9.17) is 8.85 Å². The molecule has 3 rings (SSSR count). The van der Waals surface area contributed by atoms with Crippen LogP contribution in [-0.4, -0.2) is 28.6 Å². The molecule has 4 nitrogen and oxygen atoms in total. The van der Waals surface area contributed by atoms with Gasteiger partial charge >= 0.3 is 11.9 Å². The van der Waals surface area contributed by atoms with Crippen LogP contribution in [0.2, 0.25) is 26.2 Å². The minimum atomic E-state index is -2.41. The highest BCUT2D eigenvalue weighted by atomic mass is 28.4. The van der Waals surface area contributed by atoms with Crippen LogP contribution in [-0.2, 0) is 8.85 Å². The molecule has 0 N–H and O–H groups in total. The third-order valence-electron chi connectivity index (χ3n) is 4.97. The molecule has 0 saturated heterocycles. The molecule has 0 radical (unpaired) electrons. The minimum absolute atomic E-state index is 0.347. The third-order valence-corrected chi connectivity index (χ3v) is 9.81. The number of benzene rings is 3. The number of hydrogen-bond acceptors (Lipinski definition) is 4. The smallest absolute Gasteiger partial charge is 0.325 e. The van der Waals surface area contributed by atoms with Crippen molar-refractivity contribution in [2.24, 2.45) is 0 Å². The Morgan fingerprint density at radius 1 is 0.567 bits per heavy atom. The number of carbonyl (C=O) groups excluding carboxylic acids is 2. The standard InChI is InChI=1S/C24H26O4Si2/c1-29(2,21-14-7-5-8-15-21)27-23(25)19-12-11-13-20(18-19)24(26)28-30(3,4)22-16-9-6-10-17-22/h5-18H,1-4H3. The van der Waals surface area contributed by atoms with E-state index in [9.17, 15) is 9.59 Å². The molecule has 0 saturated carbocycles. The monoisotopic (exact) mass is 434 g/mol. The van der Waals surface area contributed by atoms with E-state index in [1.807, 2.05) is 86.9 Å². The zero-order chi connectivity index (χ0) is 21.8. The molecule has 30 heavy (non-hydrogen) atoms. The molecule has 6 heteroatoms. The minimum Gasteiger partial charge on any atom is -0.512 e. The molecule has 3 aromatic rings. The van der Waals surface area contributed by atoms with E-state index in [0.717, 1.165) is 10.4 Å². The van der Waals surface area contributed by atoms with Crippen LogP contribution in [0.15, 0.2) is 84.9 Å². The highest BCUT2D eigenvalue weighted by molar-refractivity contribution is 6.86. The molecule has 0 heterocycles. The first-order chi connectivity index (χ1) is 14.2. The maximum absolute atomic E-state index is 12.8. The van der Waals surface area contributed by atoms with E-state index in [0.29, 0.717) is 11.1 Å². The van der Waals surface area contributed by atoms with E-state index in [1.54, 1.807) is 24.3 Å². The largest absolute Gasteiger partial charge is 0.512 e. The third kappa shape index (κ3) is 5.14. The molecule has 0 aliphatic rings. The second-order valence-corrected chi connectivity index (χ2v) is 15.7. The fourth-order valence-electron chi connectivity index (χ4n) is 3.15. The molecular weight excluding hydrogens is 408 g/mol. The van der Waals surface area contributed by atoms with Gasteiger partial charge in [0.1, 0.15) is 0 Å². The van der Waals surface area contributed by atoms with E-state index in [1.165, 1.54) is 0 Å². The van der Waals surface area contributed by atoms with Gasteiger partial charge in [-0.05, 0) is 54.8 Å². The summed E-state index contributed by atoms with van der Waals surface area (Å²) in [7, 11) is -4.82. The Balaban J connectivity index is 1.75. The van der Waals surface area contributed by atoms with E-state index >= 15 is 0 Å². The molecule has 0 aliphatic heterocycles. The highest BCUT2D eigenvalue weighted by Gasteiger charge is 2.32. The van der Waals surface area contributed by atoms with Crippen molar-refractivity contribution in [2.45, 2.75) is 26.2 Å². The SMILES string of the molecule is C[Si](C)(OC(=O)c1cccc(C(=O)O[Si](C)(C)c2ccccc2)c1)c1ccccc1. The van der Waals surface area contributed by atoms with Crippen molar-refractivity contribution in [1.29, 1.82) is 0 Å². The topological polar surface area (TPSA) is 52.6 Å². The van der Waals surface area contributed by atoms with Crippen molar-refractivity contribution >= 4 is 38.9 Å². The second kappa shape index (κ2) is 8.81. The normalized spacial score (nSPS) is 11.6.